The maximum absolute atomic E-state index is 11.7. The van der Waals surface area contributed by atoms with Gasteiger partial charge in [0.2, 0.25) is 0 Å². The normalized spacial score (nSPS) is 12.1. The Bertz CT molecular complexity index is 748. The summed E-state index contributed by atoms with van der Waals surface area (Å²) in [5.41, 5.74) is 3.24. The molecule has 0 aliphatic heterocycles. The van der Waals surface area contributed by atoms with Gasteiger partial charge in [-0.05, 0) is 71.8 Å². The summed E-state index contributed by atoms with van der Waals surface area (Å²) in [6, 6.07) is 8.58. The molecule has 1 amide bonds. The van der Waals surface area contributed by atoms with Crippen LogP contribution in [0, 0.1) is 6.92 Å². The van der Waals surface area contributed by atoms with Gasteiger partial charge in [0.25, 0.3) is 0 Å². The van der Waals surface area contributed by atoms with Gasteiger partial charge in [-0.2, -0.15) is 0 Å². The summed E-state index contributed by atoms with van der Waals surface area (Å²) in [5, 5.41) is 2.62. The number of rotatable bonds is 12. The van der Waals surface area contributed by atoms with E-state index in [9.17, 15) is 9.59 Å². The number of aliphatic imine (C=N–C) groups is 1. The lowest BCUT2D eigenvalue weighted by molar-refractivity contribution is -0.140. The second-order valence-electron chi connectivity index (χ2n) is 8.56. The fraction of sp³-hybridized carbons (Fsp3) is 0.560. The van der Waals surface area contributed by atoms with E-state index in [1.807, 2.05) is 26.8 Å². The van der Waals surface area contributed by atoms with E-state index in [4.69, 9.17) is 9.73 Å². The van der Waals surface area contributed by atoms with Gasteiger partial charge in [-0.3, -0.25) is 15.1 Å². The average Bonchev–Trinajstić information content (AvgIpc) is 2.68. The number of aryl methyl sites for hydroxylation is 2. The zero-order valence-corrected chi connectivity index (χ0v) is 19.7. The smallest absolute Gasteiger partial charge is 0.411 e. The second-order valence-corrected chi connectivity index (χ2v) is 8.56. The second kappa shape index (κ2) is 14.4. The van der Waals surface area contributed by atoms with Crippen molar-refractivity contribution in [3.63, 3.8) is 0 Å². The van der Waals surface area contributed by atoms with Crippen LogP contribution < -0.4 is 5.32 Å². The predicted molar refractivity (Wildman–Crippen MR) is 125 cm³/mol. The Labute approximate surface area is 187 Å². The molecule has 1 aromatic rings. The van der Waals surface area contributed by atoms with Crippen molar-refractivity contribution in [1.29, 1.82) is 0 Å². The zero-order chi connectivity index (χ0) is 23.1. The van der Waals surface area contributed by atoms with Gasteiger partial charge in [-0.25, -0.2) is 4.79 Å². The highest BCUT2D eigenvalue weighted by Crippen LogP contribution is 2.11. The van der Waals surface area contributed by atoms with Crippen LogP contribution >= 0.6 is 0 Å². The molecule has 0 saturated carbocycles. The number of allylic oxidation sites excluding steroid dienone is 1. The van der Waals surface area contributed by atoms with Crippen LogP contribution in [-0.4, -0.2) is 37.0 Å². The monoisotopic (exact) mass is 430 g/mol. The van der Waals surface area contributed by atoms with Crippen LogP contribution in [0.1, 0.15) is 70.4 Å². The molecule has 0 aliphatic rings. The molecule has 0 radical (unpaired) electrons. The van der Waals surface area contributed by atoms with Crippen LogP contribution in [0.5, 0.6) is 0 Å². The predicted octanol–water partition coefficient (Wildman–Crippen LogP) is 5.53. The Balaban J connectivity index is 2.49. The first kappa shape index (κ1) is 26.4. The number of ether oxygens (including phenoxy) is 2. The van der Waals surface area contributed by atoms with Gasteiger partial charge in [-0.1, -0.05) is 35.9 Å². The minimum atomic E-state index is -0.515. The maximum Gasteiger partial charge on any atom is 0.411 e. The van der Waals surface area contributed by atoms with E-state index in [0.717, 1.165) is 37.8 Å². The minimum Gasteiger partial charge on any atom is -0.469 e. The molecule has 0 atom stereocenters. The van der Waals surface area contributed by atoms with E-state index in [2.05, 4.69) is 41.2 Å². The Morgan fingerprint density at radius 1 is 1.13 bits per heavy atom. The summed E-state index contributed by atoms with van der Waals surface area (Å²) in [4.78, 5) is 27.7. The topological polar surface area (TPSA) is 77.0 Å². The van der Waals surface area contributed by atoms with Crippen molar-refractivity contribution in [3.8, 4) is 0 Å². The van der Waals surface area contributed by atoms with Gasteiger partial charge in [0.15, 0.2) is 0 Å². The number of benzene rings is 1. The molecule has 0 aromatic heterocycles. The molecule has 6 heteroatoms. The van der Waals surface area contributed by atoms with Gasteiger partial charge < -0.3 is 9.47 Å². The van der Waals surface area contributed by atoms with E-state index in [0.29, 0.717) is 19.4 Å². The zero-order valence-electron chi connectivity index (χ0n) is 19.7. The number of alkyl carbamates (subject to hydrolysis) is 1. The van der Waals surface area contributed by atoms with Crippen molar-refractivity contribution in [3.05, 3.63) is 47.7 Å². The van der Waals surface area contributed by atoms with Crippen LogP contribution in [0.2, 0.25) is 0 Å². The molecule has 31 heavy (non-hydrogen) atoms. The Hall–Kier alpha value is -2.63. The number of carbonyl (C=O) groups excluding carboxylic acids is 2. The van der Waals surface area contributed by atoms with Crippen molar-refractivity contribution in [2.75, 3.05) is 13.7 Å². The van der Waals surface area contributed by atoms with Gasteiger partial charge in [0.05, 0.1) is 7.11 Å². The van der Waals surface area contributed by atoms with Crippen LogP contribution in [-0.2, 0) is 20.7 Å². The molecule has 1 N–H and O–H groups in total. The fourth-order valence-electron chi connectivity index (χ4n) is 2.98. The summed E-state index contributed by atoms with van der Waals surface area (Å²) in [5.74, 6) is -0.202. The van der Waals surface area contributed by atoms with Gasteiger partial charge >= 0.3 is 12.1 Å². The molecule has 1 rings (SSSR count). The molecule has 0 fully saturated rings. The third kappa shape index (κ3) is 14.1. The number of nitrogens with zero attached hydrogens (tertiary/aromatic N) is 1. The molecule has 1 aromatic carbocycles. The molecular formula is C25H38N2O4. The van der Waals surface area contributed by atoms with Crippen LogP contribution in [0.15, 0.2) is 41.5 Å². The summed E-state index contributed by atoms with van der Waals surface area (Å²) in [7, 11) is 1.40. The molecule has 0 heterocycles. The van der Waals surface area contributed by atoms with Crippen LogP contribution in [0.3, 0.4) is 0 Å². The molecule has 0 spiro atoms. The Morgan fingerprint density at radius 3 is 2.58 bits per heavy atom. The Kier molecular flexibility index (Phi) is 12.3. The highest BCUT2D eigenvalue weighted by Gasteiger charge is 2.14. The van der Waals surface area contributed by atoms with E-state index in [-0.39, 0.29) is 5.97 Å². The molecule has 0 aliphatic carbocycles. The third-order valence-electron chi connectivity index (χ3n) is 4.43. The molecule has 0 unspecified atom stereocenters. The average molecular weight is 431 g/mol. The summed E-state index contributed by atoms with van der Waals surface area (Å²) in [6.45, 7) is 8.21. The first-order chi connectivity index (χ1) is 14.7. The quantitative estimate of drug-likeness (QED) is 0.269. The van der Waals surface area contributed by atoms with Crippen LogP contribution in [0.25, 0.3) is 0 Å². The first-order valence-electron chi connectivity index (χ1n) is 11.0. The van der Waals surface area contributed by atoms with Gasteiger partial charge in [-0.15, -0.1) is 0 Å². The largest absolute Gasteiger partial charge is 0.469 e. The van der Waals surface area contributed by atoms with E-state index in [1.54, 1.807) is 6.20 Å². The minimum absolute atomic E-state index is 0.202. The number of carbonyl (C=O) groups is 2. The maximum atomic E-state index is 11.7. The Morgan fingerprint density at radius 2 is 1.90 bits per heavy atom. The summed E-state index contributed by atoms with van der Waals surface area (Å²) >= 11 is 0. The van der Waals surface area contributed by atoms with E-state index >= 15 is 0 Å². The molecular weight excluding hydrogens is 392 g/mol. The standard InChI is InChI=1S/C25H38N2O4/c1-20-11-8-12-21(19-20)13-9-15-22(26-18-10-16-23(28)30-5)14-6-7-17-27-24(29)31-25(2,3)4/h7-8,11-12,17,19H,6,9-10,13-16,18H2,1-5H3,(H,27,29)/b17-7-,26-22?. The lowest BCUT2D eigenvalue weighted by Gasteiger charge is -2.18. The van der Waals surface area contributed by atoms with Crippen molar-refractivity contribution < 1.29 is 19.1 Å². The lowest BCUT2D eigenvalue weighted by Crippen LogP contribution is -2.29. The fourth-order valence-corrected chi connectivity index (χ4v) is 2.98. The van der Waals surface area contributed by atoms with Crippen molar-refractivity contribution in [2.24, 2.45) is 4.99 Å². The molecule has 0 saturated heterocycles. The van der Waals surface area contributed by atoms with Crippen molar-refractivity contribution in [2.45, 2.75) is 78.2 Å². The first-order valence-corrected chi connectivity index (χ1v) is 11.0. The number of amides is 1. The van der Waals surface area contributed by atoms with Crippen molar-refractivity contribution in [1.82, 2.24) is 5.32 Å². The number of hydrogen-bond acceptors (Lipinski definition) is 5. The lowest BCUT2D eigenvalue weighted by atomic mass is 10.0. The highest BCUT2D eigenvalue weighted by atomic mass is 16.6. The molecule has 0 bridgehead atoms. The highest BCUT2D eigenvalue weighted by molar-refractivity contribution is 5.84. The van der Waals surface area contributed by atoms with E-state index in [1.165, 1.54) is 18.2 Å². The molecule has 6 nitrogen and oxygen atoms in total. The van der Waals surface area contributed by atoms with Gasteiger partial charge in [0, 0.05) is 24.9 Å². The van der Waals surface area contributed by atoms with Gasteiger partial charge in [0.1, 0.15) is 5.60 Å². The summed E-state index contributed by atoms with van der Waals surface area (Å²) in [6.07, 6.45) is 8.69. The SMILES string of the molecule is COC(=O)CCCN=C(CC/C=C\NC(=O)OC(C)(C)C)CCCc1cccc(C)c1. The number of esters is 1. The van der Waals surface area contributed by atoms with Crippen LogP contribution in [0.4, 0.5) is 4.79 Å². The van der Waals surface area contributed by atoms with Crippen molar-refractivity contribution >= 4 is 17.8 Å². The summed E-state index contributed by atoms with van der Waals surface area (Å²) < 4.78 is 9.88. The third-order valence-corrected chi connectivity index (χ3v) is 4.43. The molecule has 172 valence electrons. The van der Waals surface area contributed by atoms with E-state index < -0.39 is 11.7 Å². The number of nitrogens with one attached hydrogen (secondary N) is 1. The number of hydrogen-bond donors (Lipinski definition) is 1. The number of methoxy groups -OCH3 is 1.